The van der Waals surface area contributed by atoms with Crippen molar-refractivity contribution < 1.29 is 9.47 Å². The fraction of sp³-hybridized carbons (Fsp3) is 0.267. The van der Waals surface area contributed by atoms with Crippen molar-refractivity contribution >= 4 is 21.6 Å². The molecule has 2 heterocycles. The van der Waals surface area contributed by atoms with Gasteiger partial charge in [-0.05, 0) is 30.7 Å². The molecule has 5 nitrogen and oxygen atoms in total. The highest BCUT2D eigenvalue weighted by molar-refractivity contribution is 9.10. The Morgan fingerprint density at radius 1 is 1.29 bits per heavy atom. The van der Waals surface area contributed by atoms with E-state index >= 15 is 0 Å². The molecule has 0 saturated carbocycles. The molecule has 0 aliphatic carbocycles. The summed E-state index contributed by atoms with van der Waals surface area (Å²) >= 11 is 3.53. The van der Waals surface area contributed by atoms with Gasteiger partial charge < -0.3 is 19.4 Å². The van der Waals surface area contributed by atoms with Crippen LogP contribution in [0.4, 0.5) is 5.69 Å². The first-order chi connectivity index (χ1) is 10.2. The third-order valence-electron chi connectivity index (χ3n) is 3.35. The highest BCUT2D eigenvalue weighted by Crippen LogP contribution is 2.37. The number of hydrogen-bond donors (Lipinski definition) is 1. The molecular formula is C15H15BrN2O3. The molecule has 0 spiro atoms. The number of fused-ring (bicyclic) bond motifs is 1. The van der Waals surface area contributed by atoms with Crippen LogP contribution in [0.1, 0.15) is 12.5 Å². The zero-order valence-electron chi connectivity index (χ0n) is 11.6. The van der Waals surface area contributed by atoms with Crippen molar-refractivity contribution in [3.8, 4) is 11.5 Å². The summed E-state index contributed by atoms with van der Waals surface area (Å²) in [5, 5.41) is 3.31. The minimum Gasteiger partial charge on any atom is -0.454 e. The van der Waals surface area contributed by atoms with Gasteiger partial charge in [-0.2, -0.15) is 0 Å². The van der Waals surface area contributed by atoms with Gasteiger partial charge in [-0.25, -0.2) is 0 Å². The monoisotopic (exact) mass is 350 g/mol. The van der Waals surface area contributed by atoms with Gasteiger partial charge in [-0.3, -0.25) is 4.79 Å². The molecule has 0 amide bonds. The van der Waals surface area contributed by atoms with E-state index < -0.39 is 0 Å². The number of halogens is 1. The maximum atomic E-state index is 11.6. The Bertz CT molecular complexity index is 727. The van der Waals surface area contributed by atoms with Crippen molar-refractivity contribution in [3.05, 3.63) is 50.9 Å². The molecule has 0 saturated heterocycles. The second-order valence-electron chi connectivity index (χ2n) is 4.69. The van der Waals surface area contributed by atoms with Gasteiger partial charge in [0, 0.05) is 29.8 Å². The Labute approximate surface area is 130 Å². The number of rotatable bonds is 4. The van der Waals surface area contributed by atoms with Crippen molar-refractivity contribution in [1.82, 2.24) is 4.57 Å². The summed E-state index contributed by atoms with van der Waals surface area (Å²) < 4.78 is 13.3. The molecule has 0 fully saturated rings. The maximum Gasteiger partial charge on any atom is 0.250 e. The third-order valence-corrected chi connectivity index (χ3v) is 4.09. The Morgan fingerprint density at radius 3 is 2.81 bits per heavy atom. The molecule has 1 N–H and O–H groups in total. The summed E-state index contributed by atoms with van der Waals surface area (Å²) in [7, 11) is 0. The van der Waals surface area contributed by atoms with E-state index in [4.69, 9.17) is 9.47 Å². The number of ether oxygens (including phenoxy) is 2. The normalized spacial score (nSPS) is 12.5. The molecule has 110 valence electrons. The average Bonchev–Trinajstić information content (AvgIpc) is 2.93. The molecule has 0 atom stereocenters. The van der Waals surface area contributed by atoms with Crippen LogP contribution in [0.15, 0.2) is 39.7 Å². The maximum absolute atomic E-state index is 11.6. The fourth-order valence-corrected chi connectivity index (χ4v) is 2.64. The second kappa shape index (κ2) is 5.81. The lowest BCUT2D eigenvalue weighted by molar-refractivity contribution is 0.174. The predicted molar refractivity (Wildman–Crippen MR) is 84.0 cm³/mol. The molecule has 21 heavy (non-hydrogen) atoms. The third kappa shape index (κ3) is 2.90. The predicted octanol–water partition coefficient (Wildman–Crippen LogP) is 2.97. The first-order valence-electron chi connectivity index (χ1n) is 6.70. The molecule has 6 heteroatoms. The van der Waals surface area contributed by atoms with Gasteiger partial charge in [0.15, 0.2) is 11.5 Å². The van der Waals surface area contributed by atoms with E-state index in [0.29, 0.717) is 13.1 Å². The first kappa shape index (κ1) is 14.0. The quantitative estimate of drug-likeness (QED) is 0.920. The van der Waals surface area contributed by atoms with E-state index in [1.807, 2.05) is 25.3 Å². The zero-order valence-corrected chi connectivity index (χ0v) is 13.1. The Kier molecular flexibility index (Phi) is 3.88. The second-order valence-corrected chi connectivity index (χ2v) is 5.55. The number of anilines is 1. The van der Waals surface area contributed by atoms with Gasteiger partial charge in [0.25, 0.3) is 5.56 Å². The Balaban J connectivity index is 1.77. The van der Waals surface area contributed by atoms with E-state index in [1.165, 1.54) is 0 Å². The summed E-state index contributed by atoms with van der Waals surface area (Å²) in [6.07, 6.45) is 1.82. The van der Waals surface area contributed by atoms with Gasteiger partial charge >= 0.3 is 0 Å². The van der Waals surface area contributed by atoms with Crippen LogP contribution in [-0.2, 0) is 13.1 Å². The number of aryl methyl sites for hydroxylation is 1. The molecule has 0 unspecified atom stereocenters. The number of nitrogens with zero attached hydrogens (tertiary/aromatic N) is 1. The lowest BCUT2D eigenvalue weighted by atomic mass is 10.2. The van der Waals surface area contributed by atoms with Crippen LogP contribution < -0.4 is 20.3 Å². The summed E-state index contributed by atoms with van der Waals surface area (Å²) in [5.74, 6) is 1.51. The number of aromatic nitrogens is 1. The van der Waals surface area contributed by atoms with Crippen LogP contribution >= 0.6 is 15.9 Å². The topological polar surface area (TPSA) is 52.5 Å². The molecule has 2 aromatic rings. The fourth-order valence-electron chi connectivity index (χ4n) is 2.18. The van der Waals surface area contributed by atoms with E-state index in [2.05, 4.69) is 21.2 Å². The SMILES string of the molecule is CCn1cc(NCc2cc3c(cc2Br)OCO3)ccc1=O. The summed E-state index contributed by atoms with van der Waals surface area (Å²) in [5.41, 5.74) is 1.97. The van der Waals surface area contributed by atoms with Gasteiger partial charge in [0.05, 0.1) is 5.69 Å². The van der Waals surface area contributed by atoms with E-state index in [0.717, 1.165) is 27.2 Å². The molecule has 1 aromatic heterocycles. The van der Waals surface area contributed by atoms with Crippen LogP contribution in [-0.4, -0.2) is 11.4 Å². The lowest BCUT2D eigenvalue weighted by Crippen LogP contribution is -2.17. The van der Waals surface area contributed by atoms with Crippen molar-refractivity contribution in [3.63, 3.8) is 0 Å². The van der Waals surface area contributed by atoms with Crippen molar-refractivity contribution in [2.75, 3.05) is 12.1 Å². The average molecular weight is 351 g/mol. The van der Waals surface area contributed by atoms with Crippen LogP contribution in [0.25, 0.3) is 0 Å². The van der Waals surface area contributed by atoms with Crippen molar-refractivity contribution in [1.29, 1.82) is 0 Å². The van der Waals surface area contributed by atoms with Gasteiger partial charge in [-0.1, -0.05) is 15.9 Å². The number of nitrogens with one attached hydrogen (secondary N) is 1. The van der Waals surface area contributed by atoms with E-state index in [9.17, 15) is 4.79 Å². The smallest absolute Gasteiger partial charge is 0.250 e. The number of benzene rings is 1. The van der Waals surface area contributed by atoms with E-state index in [-0.39, 0.29) is 12.4 Å². The largest absolute Gasteiger partial charge is 0.454 e. The standard InChI is InChI=1S/C15H15BrN2O3/c1-2-18-8-11(3-4-15(18)19)17-7-10-5-13-14(6-12(10)16)21-9-20-13/h3-6,8,17H,2,7,9H2,1H3. The summed E-state index contributed by atoms with van der Waals surface area (Å²) in [6.45, 7) is 3.49. The minimum absolute atomic E-state index is 0.00677. The highest BCUT2D eigenvalue weighted by Gasteiger charge is 2.16. The van der Waals surface area contributed by atoms with Crippen LogP contribution in [0, 0.1) is 0 Å². The van der Waals surface area contributed by atoms with Crippen LogP contribution in [0.2, 0.25) is 0 Å². The zero-order chi connectivity index (χ0) is 14.8. The van der Waals surface area contributed by atoms with Gasteiger partial charge in [0.1, 0.15) is 0 Å². The van der Waals surface area contributed by atoms with E-state index in [1.54, 1.807) is 16.7 Å². The van der Waals surface area contributed by atoms with Crippen LogP contribution in [0.3, 0.4) is 0 Å². The van der Waals surface area contributed by atoms with Gasteiger partial charge in [-0.15, -0.1) is 0 Å². The van der Waals surface area contributed by atoms with Crippen LogP contribution in [0.5, 0.6) is 11.5 Å². The molecule has 1 aliphatic rings. The molecule has 0 bridgehead atoms. The molecule has 0 radical (unpaired) electrons. The molecule has 1 aromatic carbocycles. The van der Waals surface area contributed by atoms with Crippen molar-refractivity contribution in [2.45, 2.75) is 20.0 Å². The van der Waals surface area contributed by atoms with Gasteiger partial charge in [0.2, 0.25) is 6.79 Å². The summed E-state index contributed by atoms with van der Waals surface area (Å²) in [4.78, 5) is 11.6. The highest BCUT2D eigenvalue weighted by atomic mass is 79.9. The first-order valence-corrected chi connectivity index (χ1v) is 7.49. The van der Waals surface area contributed by atoms with Crippen molar-refractivity contribution in [2.24, 2.45) is 0 Å². The lowest BCUT2D eigenvalue weighted by Gasteiger charge is -2.11. The molecule has 3 rings (SSSR count). The Hall–Kier alpha value is -1.95. The Morgan fingerprint density at radius 2 is 2.05 bits per heavy atom. The molecule has 1 aliphatic heterocycles. The minimum atomic E-state index is 0.00677. The molecular weight excluding hydrogens is 336 g/mol. The number of pyridine rings is 1. The number of hydrogen-bond acceptors (Lipinski definition) is 4. The summed E-state index contributed by atoms with van der Waals surface area (Å²) in [6, 6.07) is 7.22.